The summed E-state index contributed by atoms with van der Waals surface area (Å²) in [6.45, 7) is 6.72. The number of anilines is 6. The second-order valence-electron chi connectivity index (χ2n) is 15.0. The quantitative estimate of drug-likeness (QED) is 0.183. The number of para-hydroxylation sites is 4. The van der Waals surface area contributed by atoms with Crippen molar-refractivity contribution in [1.29, 1.82) is 0 Å². The van der Waals surface area contributed by atoms with E-state index in [0.29, 0.717) is 24.2 Å². The van der Waals surface area contributed by atoms with Crippen LogP contribution in [0, 0.1) is 13.3 Å². The number of hydrogen-bond acceptors (Lipinski definition) is 6. The molecule has 0 radical (unpaired) electrons. The zero-order valence-corrected chi connectivity index (χ0v) is 33.2. The summed E-state index contributed by atoms with van der Waals surface area (Å²) in [5.41, 5.74) is 4.90. The van der Waals surface area contributed by atoms with Crippen LogP contribution in [-0.4, -0.2) is 49.4 Å². The number of nitrogens with zero attached hydrogens (tertiary/aromatic N) is 7. The van der Waals surface area contributed by atoms with Crippen molar-refractivity contribution in [2.75, 3.05) is 39.8 Å². The molecule has 2 unspecified atom stereocenters. The van der Waals surface area contributed by atoms with Gasteiger partial charge in [0.25, 0.3) is 0 Å². The average Bonchev–Trinajstić information content (AvgIpc) is 3.83. The number of rotatable bonds is 6. The third-order valence-electron chi connectivity index (χ3n) is 11.7. The SMILES string of the molecule is C1CCC(C2CCCC[N-]2)[N-]C1.COc1cc(N2[CH-]N(C3CCCCC3)c3ccccc32)nc(N2[CH-]N(C3CCCCC3)c3ccccc32)c1.[Cl][Ru]. The average molecular weight is 810 g/mol. The molecule has 4 aliphatic heterocycles. The molecule has 0 spiro atoms. The van der Waals surface area contributed by atoms with E-state index in [1.165, 1.54) is 125 Å². The standard InChI is InChI=1S/C32H37N5O.C10H18N2.ClH.Ru/c1-38-26-20-31(36-22-34(24-12-4-2-5-13-24)27-16-8-10-18-29(27)36)33-32(21-26)37-23-35(25-14-6-3-7-15-25)28-17-9-11-19-30(28)37;1-3-7-11-9(5-1)10-6-2-4-8-12-10;;/h8-11,16-25H,2-7,12-15H2,1H3;9-10H,1-8H2;1H;/q2*-2;;+1/p-1. The Morgan fingerprint density at radius 1 is 0.596 bits per heavy atom. The van der Waals surface area contributed by atoms with Gasteiger partial charge in [-0.25, -0.2) is 4.98 Å². The van der Waals surface area contributed by atoms with Gasteiger partial charge >= 0.3 is 27.0 Å². The maximum atomic E-state index is 5.83. The summed E-state index contributed by atoms with van der Waals surface area (Å²) in [5, 5.41) is 9.32. The van der Waals surface area contributed by atoms with Gasteiger partial charge in [0.2, 0.25) is 0 Å². The Balaban J connectivity index is 0.000000253. The molecule has 52 heavy (non-hydrogen) atoms. The molecular formula is C42H55ClN7ORu-4. The van der Waals surface area contributed by atoms with Gasteiger partial charge < -0.3 is 35.0 Å². The third kappa shape index (κ3) is 8.54. The number of halogens is 1. The molecule has 3 aromatic rings. The van der Waals surface area contributed by atoms with Gasteiger partial charge in [-0.05, 0) is 49.9 Å². The zero-order chi connectivity index (χ0) is 35.7. The van der Waals surface area contributed by atoms with E-state index in [1.54, 1.807) is 7.11 Å². The molecule has 2 aliphatic carbocycles. The number of pyridine rings is 1. The normalized spacial score (nSPS) is 23.6. The number of hydrogen-bond donors (Lipinski definition) is 0. The first-order valence-electron chi connectivity index (χ1n) is 19.8. The molecule has 2 saturated carbocycles. The van der Waals surface area contributed by atoms with Crippen LogP contribution in [0.2, 0.25) is 0 Å². The molecule has 283 valence electrons. The fraction of sp³-hybridized carbons (Fsp3) is 0.548. The van der Waals surface area contributed by atoms with Crippen molar-refractivity contribution in [2.45, 2.75) is 127 Å². The number of fused-ring (bicyclic) bond motifs is 2. The third-order valence-corrected chi connectivity index (χ3v) is 11.7. The van der Waals surface area contributed by atoms with Crippen molar-refractivity contribution < 1.29 is 22.0 Å². The first-order chi connectivity index (χ1) is 25.8. The molecule has 5 heterocycles. The molecule has 10 heteroatoms. The molecule has 2 atom stereocenters. The van der Waals surface area contributed by atoms with Gasteiger partial charge in [0, 0.05) is 47.0 Å². The van der Waals surface area contributed by atoms with Crippen LogP contribution in [0.4, 0.5) is 34.4 Å². The summed E-state index contributed by atoms with van der Waals surface area (Å²) in [5.74, 6) is 2.58. The fourth-order valence-corrected chi connectivity index (χ4v) is 9.03. The molecule has 6 aliphatic rings. The second kappa shape index (κ2) is 18.6. The van der Waals surface area contributed by atoms with Crippen LogP contribution in [0.3, 0.4) is 0 Å². The van der Waals surface area contributed by atoms with Gasteiger partial charge in [0.05, 0.1) is 7.11 Å². The van der Waals surface area contributed by atoms with E-state index in [1.807, 2.05) is 17.3 Å². The summed E-state index contributed by atoms with van der Waals surface area (Å²) in [6.07, 6.45) is 20.9. The van der Waals surface area contributed by atoms with Gasteiger partial charge in [-0.3, -0.25) is 0 Å². The van der Waals surface area contributed by atoms with Gasteiger partial charge in [-0.2, -0.15) is 12.1 Å². The van der Waals surface area contributed by atoms with Crippen molar-refractivity contribution >= 4 is 44.1 Å². The summed E-state index contributed by atoms with van der Waals surface area (Å²) in [4.78, 5) is 14.7. The van der Waals surface area contributed by atoms with E-state index < -0.39 is 0 Å². The first kappa shape index (κ1) is 37.7. The second-order valence-corrected chi connectivity index (χ2v) is 15.0. The van der Waals surface area contributed by atoms with Crippen molar-refractivity contribution in [2.24, 2.45) is 0 Å². The summed E-state index contributed by atoms with van der Waals surface area (Å²) >= 11 is 1.82. The molecule has 8 nitrogen and oxygen atoms in total. The van der Waals surface area contributed by atoms with E-state index in [9.17, 15) is 0 Å². The number of benzene rings is 2. The van der Waals surface area contributed by atoms with E-state index in [2.05, 4.69) is 114 Å². The number of methoxy groups -OCH3 is 1. The van der Waals surface area contributed by atoms with Crippen LogP contribution in [0.5, 0.6) is 5.75 Å². The Hall–Kier alpha value is -2.58. The predicted molar refractivity (Wildman–Crippen MR) is 213 cm³/mol. The molecule has 2 aromatic carbocycles. The van der Waals surface area contributed by atoms with Crippen molar-refractivity contribution in [3.8, 4) is 5.75 Å². The molecule has 9 rings (SSSR count). The molecule has 1 aromatic heterocycles. The molecule has 0 N–H and O–H groups in total. The molecule has 0 bridgehead atoms. The Labute approximate surface area is 326 Å². The van der Waals surface area contributed by atoms with Crippen LogP contribution in [0.25, 0.3) is 10.6 Å². The summed E-state index contributed by atoms with van der Waals surface area (Å²) in [6, 6.07) is 23.8. The Bertz CT molecular complexity index is 1450. The number of ether oxygens (including phenoxy) is 1. The topological polar surface area (TPSA) is 63.3 Å². The van der Waals surface area contributed by atoms with Crippen molar-refractivity contribution in [1.82, 2.24) is 4.98 Å². The Kier molecular flexibility index (Phi) is 13.5. The molecule has 4 fully saturated rings. The monoisotopic (exact) mass is 810 g/mol. The van der Waals surface area contributed by atoms with E-state index in [-0.39, 0.29) is 0 Å². The van der Waals surface area contributed by atoms with Crippen LogP contribution in [0.15, 0.2) is 60.7 Å². The van der Waals surface area contributed by atoms with Crippen LogP contribution in [0.1, 0.15) is 103 Å². The van der Waals surface area contributed by atoms with Gasteiger partial charge in [-0.1, -0.05) is 101 Å². The van der Waals surface area contributed by atoms with Gasteiger partial charge in [-0.15, -0.1) is 26.4 Å². The molecule has 2 saturated heterocycles. The van der Waals surface area contributed by atoms with E-state index in [0.717, 1.165) is 30.5 Å². The number of piperidine rings is 2. The van der Waals surface area contributed by atoms with Crippen molar-refractivity contribution in [3.05, 3.63) is 84.6 Å². The van der Waals surface area contributed by atoms with Gasteiger partial charge in [0.1, 0.15) is 17.4 Å². The van der Waals surface area contributed by atoms with E-state index in [4.69, 9.17) is 9.72 Å². The van der Waals surface area contributed by atoms with Crippen molar-refractivity contribution in [3.63, 3.8) is 0 Å². The number of aromatic nitrogens is 1. The fourth-order valence-electron chi connectivity index (χ4n) is 9.03. The summed E-state index contributed by atoms with van der Waals surface area (Å²) < 4.78 is 5.83. The maximum absolute atomic E-state index is 5.83. The Morgan fingerprint density at radius 3 is 1.38 bits per heavy atom. The minimum atomic E-state index is 0.544. The zero-order valence-electron chi connectivity index (χ0n) is 30.7. The molecule has 0 amide bonds. The van der Waals surface area contributed by atoms with E-state index >= 15 is 0 Å². The van der Waals surface area contributed by atoms with Crippen LogP contribution in [-0.2, 0) is 17.3 Å². The molecular weight excluding hydrogens is 755 g/mol. The summed E-state index contributed by atoms with van der Waals surface area (Å²) in [7, 11) is 6.31. The first-order valence-corrected chi connectivity index (χ1v) is 22.1. The van der Waals surface area contributed by atoms with Gasteiger partial charge in [0.15, 0.2) is 0 Å². The van der Waals surface area contributed by atoms with Crippen LogP contribution < -0.4 is 24.3 Å². The minimum absolute atomic E-state index is 0.544. The Morgan fingerprint density at radius 2 is 1.00 bits per heavy atom. The predicted octanol–water partition coefficient (Wildman–Crippen LogP) is 11.4. The van der Waals surface area contributed by atoms with Crippen LogP contribution >= 0.6 is 9.69 Å².